The molecule has 24 heavy (non-hydrogen) atoms. The highest BCUT2D eigenvalue weighted by Gasteiger charge is 2.03. The first kappa shape index (κ1) is 17.6. The maximum atomic E-state index is 11.9. The second-order valence-corrected chi connectivity index (χ2v) is 5.33. The van der Waals surface area contributed by atoms with Crippen LogP contribution in [0.2, 0.25) is 0 Å². The van der Waals surface area contributed by atoms with E-state index in [0.717, 1.165) is 18.4 Å². The van der Waals surface area contributed by atoms with Gasteiger partial charge in [0.1, 0.15) is 0 Å². The van der Waals surface area contributed by atoms with Crippen molar-refractivity contribution < 1.29 is 14.3 Å². The van der Waals surface area contributed by atoms with Crippen LogP contribution in [0, 0.1) is 0 Å². The van der Waals surface area contributed by atoms with Gasteiger partial charge in [0.25, 0.3) is 0 Å². The summed E-state index contributed by atoms with van der Waals surface area (Å²) in [6.07, 6.45) is 5.17. The van der Waals surface area contributed by atoms with Crippen molar-refractivity contribution in [2.24, 2.45) is 0 Å². The van der Waals surface area contributed by atoms with Gasteiger partial charge >= 0.3 is 0 Å². The lowest BCUT2D eigenvalue weighted by Gasteiger charge is -2.07. The quantitative estimate of drug-likeness (QED) is 0.597. The summed E-state index contributed by atoms with van der Waals surface area (Å²) in [5.74, 6) is 1.21. The SMILES string of the molecule is COc1ccc(/C=C/C(=O)NCCCc2ccccc2)cc1OC. The number of amides is 1. The van der Waals surface area contributed by atoms with Gasteiger partial charge in [0.2, 0.25) is 5.91 Å². The van der Waals surface area contributed by atoms with Gasteiger partial charge in [-0.25, -0.2) is 0 Å². The zero-order chi connectivity index (χ0) is 17.2. The minimum Gasteiger partial charge on any atom is -0.493 e. The van der Waals surface area contributed by atoms with Crippen LogP contribution in [0.1, 0.15) is 17.5 Å². The van der Waals surface area contributed by atoms with Crippen molar-refractivity contribution in [2.45, 2.75) is 12.8 Å². The molecule has 4 heteroatoms. The van der Waals surface area contributed by atoms with Crippen molar-refractivity contribution >= 4 is 12.0 Å². The van der Waals surface area contributed by atoms with Crippen molar-refractivity contribution in [1.29, 1.82) is 0 Å². The number of nitrogens with one attached hydrogen (secondary N) is 1. The first-order valence-electron chi connectivity index (χ1n) is 7.95. The molecule has 0 aromatic heterocycles. The number of ether oxygens (including phenoxy) is 2. The third kappa shape index (κ3) is 5.47. The molecule has 0 saturated carbocycles. The van der Waals surface area contributed by atoms with Gasteiger partial charge in [-0.1, -0.05) is 36.4 Å². The Morgan fingerprint density at radius 1 is 1.04 bits per heavy atom. The van der Waals surface area contributed by atoms with Gasteiger partial charge in [0, 0.05) is 12.6 Å². The molecule has 0 saturated heterocycles. The molecule has 1 amide bonds. The van der Waals surface area contributed by atoms with Crippen LogP contribution in [-0.2, 0) is 11.2 Å². The molecule has 0 bridgehead atoms. The smallest absolute Gasteiger partial charge is 0.243 e. The summed E-state index contributed by atoms with van der Waals surface area (Å²) >= 11 is 0. The van der Waals surface area contributed by atoms with E-state index in [0.29, 0.717) is 18.0 Å². The second-order valence-electron chi connectivity index (χ2n) is 5.33. The topological polar surface area (TPSA) is 47.6 Å². The highest BCUT2D eigenvalue weighted by molar-refractivity contribution is 5.91. The molecule has 2 rings (SSSR count). The lowest BCUT2D eigenvalue weighted by Crippen LogP contribution is -2.22. The molecule has 0 radical (unpaired) electrons. The standard InChI is InChI=1S/C20H23NO3/c1-23-18-12-10-17(15-19(18)24-2)11-13-20(22)21-14-6-9-16-7-4-3-5-8-16/h3-5,7-8,10-13,15H,6,9,14H2,1-2H3,(H,21,22)/b13-11+. The third-order valence-electron chi connectivity index (χ3n) is 3.62. The number of aryl methyl sites for hydroxylation is 1. The summed E-state index contributed by atoms with van der Waals surface area (Å²) in [5.41, 5.74) is 2.17. The molecule has 0 unspecified atom stereocenters. The van der Waals surface area contributed by atoms with E-state index >= 15 is 0 Å². The van der Waals surface area contributed by atoms with E-state index in [2.05, 4.69) is 17.4 Å². The Hall–Kier alpha value is -2.75. The Balaban J connectivity index is 1.78. The van der Waals surface area contributed by atoms with Gasteiger partial charge in [-0.3, -0.25) is 4.79 Å². The minimum atomic E-state index is -0.0992. The molecule has 0 spiro atoms. The molecule has 0 aliphatic carbocycles. The molecule has 2 aromatic rings. The maximum Gasteiger partial charge on any atom is 0.243 e. The van der Waals surface area contributed by atoms with Crippen LogP contribution in [0.3, 0.4) is 0 Å². The van der Waals surface area contributed by atoms with E-state index in [1.54, 1.807) is 20.3 Å². The van der Waals surface area contributed by atoms with Crippen LogP contribution in [0.5, 0.6) is 11.5 Å². The molecule has 0 aliphatic heterocycles. The number of methoxy groups -OCH3 is 2. The first-order valence-corrected chi connectivity index (χ1v) is 7.95. The van der Waals surface area contributed by atoms with Crippen molar-refractivity contribution in [3.63, 3.8) is 0 Å². The lowest BCUT2D eigenvalue weighted by atomic mass is 10.1. The van der Waals surface area contributed by atoms with Crippen molar-refractivity contribution in [1.82, 2.24) is 5.32 Å². The van der Waals surface area contributed by atoms with E-state index in [4.69, 9.17) is 9.47 Å². The molecule has 4 nitrogen and oxygen atoms in total. The summed E-state index contributed by atoms with van der Waals surface area (Å²) in [4.78, 5) is 11.9. The van der Waals surface area contributed by atoms with Gasteiger partial charge in [0.05, 0.1) is 14.2 Å². The lowest BCUT2D eigenvalue weighted by molar-refractivity contribution is -0.116. The van der Waals surface area contributed by atoms with E-state index in [1.807, 2.05) is 36.4 Å². The van der Waals surface area contributed by atoms with E-state index < -0.39 is 0 Å². The normalized spacial score (nSPS) is 10.6. The molecule has 2 aromatic carbocycles. The van der Waals surface area contributed by atoms with Gasteiger partial charge in [-0.2, -0.15) is 0 Å². The summed E-state index contributed by atoms with van der Waals surface area (Å²) in [6.45, 7) is 0.657. The van der Waals surface area contributed by atoms with Crippen LogP contribution in [0.4, 0.5) is 0 Å². The average Bonchev–Trinajstić information content (AvgIpc) is 2.64. The second kappa shape index (κ2) is 9.40. The molecule has 0 atom stereocenters. The molecule has 0 aliphatic rings. The Morgan fingerprint density at radius 2 is 1.79 bits per heavy atom. The van der Waals surface area contributed by atoms with Crippen LogP contribution in [0.25, 0.3) is 6.08 Å². The Bertz CT molecular complexity index is 681. The Morgan fingerprint density at radius 3 is 2.50 bits per heavy atom. The van der Waals surface area contributed by atoms with Crippen LogP contribution in [-0.4, -0.2) is 26.7 Å². The molecule has 0 heterocycles. The number of carbonyl (C=O) groups is 1. The summed E-state index contributed by atoms with van der Waals surface area (Å²) in [7, 11) is 3.18. The Labute approximate surface area is 143 Å². The van der Waals surface area contributed by atoms with Gasteiger partial charge in [-0.05, 0) is 42.2 Å². The Kier molecular flexibility index (Phi) is 6.90. The zero-order valence-corrected chi connectivity index (χ0v) is 14.1. The number of benzene rings is 2. The molecular weight excluding hydrogens is 302 g/mol. The molecule has 126 valence electrons. The van der Waals surface area contributed by atoms with Crippen LogP contribution < -0.4 is 14.8 Å². The molecule has 0 fully saturated rings. The fourth-order valence-corrected chi connectivity index (χ4v) is 2.34. The summed E-state index contributed by atoms with van der Waals surface area (Å²) < 4.78 is 10.4. The van der Waals surface area contributed by atoms with Crippen LogP contribution >= 0.6 is 0 Å². The number of carbonyl (C=O) groups excluding carboxylic acids is 1. The van der Waals surface area contributed by atoms with Gasteiger partial charge in [-0.15, -0.1) is 0 Å². The number of hydrogen-bond donors (Lipinski definition) is 1. The third-order valence-corrected chi connectivity index (χ3v) is 3.62. The number of rotatable bonds is 8. The predicted octanol–water partition coefficient (Wildman–Crippen LogP) is 3.47. The minimum absolute atomic E-state index is 0.0992. The van der Waals surface area contributed by atoms with E-state index in [1.165, 1.54) is 11.6 Å². The van der Waals surface area contributed by atoms with Crippen molar-refractivity contribution in [3.8, 4) is 11.5 Å². The van der Waals surface area contributed by atoms with Crippen molar-refractivity contribution in [3.05, 3.63) is 65.7 Å². The highest BCUT2D eigenvalue weighted by atomic mass is 16.5. The monoisotopic (exact) mass is 325 g/mol. The summed E-state index contributed by atoms with van der Waals surface area (Å²) in [6, 6.07) is 15.8. The van der Waals surface area contributed by atoms with Gasteiger partial charge in [0.15, 0.2) is 11.5 Å². The fraction of sp³-hybridized carbons (Fsp3) is 0.250. The van der Waals surface area contributed by atoms with E-state index in [9.17, 15) is 4.79 Å². The highest BCUT2D eigenvalue weighted by Crippen LogP contribution is 2.27. The average molecular weight is 325 g/mol. The van der Waals surface area contributed by atoms with Gasteiger partial charge < -0.3 is 14.8 Å². The van der Waals surface area contributed by atoms with E-state index in [-0.39, 0.29) is 5.91 Å². The zero-order valence-electron chi connectivity index (χ0n) is 14.1. The first-order chi connectivity index (χ1) is 11.7. The van der Waals surface area contributed by atoms with Crippen LogP contribution in [0.15, 0.2) is 54.6 Å². The largest absolute Gasteiger partial charge is 0.493 e. The number of hydrogen-bond acceptors (Lipinski definition) is 3. The predicted molar refractivity (Wildman–Crippen MR) is 96.4 cm³/mol. The maximum absolute atomic E-state index is 11.9. The molecule has 1 N–H and O–H groups in total. The summed E-state index contributed by atoms with van der Waals surface area (Å²) in [5, 5.41) is 2.89. The van der Waals surface area contributed by atoms with Crippen molar-refractivity contribution in [2.75, 3.05) is 20.8 Å². The fourth-order valence-electron chi connectivity index (χ4n) is 2.34. The molecular formula is C20H23NO3.